The summed E-state index contributed by atoms with van der Waals surface area (Å²) in [5.74, 6) is 0. The van der Waals surface area contributed by atoms with Crippen molar-refractivity contribution < 1.29 is 4.74 Å². The van der Waals surface area contributed by atoms with E-state index >= 15 is 0 Å². The van der Waals surface area contributed by atoms with Crippen LogP contribution in [-0.4, -0.2) is 6.61 Å². The van der Waals surface area contributed by atoms with E-state index in [1.165, 1.54) is 22.3 Å². The molecule has 2 aromatic carbocycles. The highest BCUT2D eigenvalue weighted by molar-refractivity contribution is 5.31. The Balaban J connectivity index is 1.94. The molecule has 2 aromatic rings. The molecule has 0 aliphatic carbocycles. The number of benzene rings is 2. The molecule has 0 atom stereocenters. The van der Waals surface area contributed by atoms with Crippen LogP contribution < -0.4 is 0 Å². The summed E-state index contributed by atoms with van der Waals surface area (Å²) < 4.78 is 5.80. The van der Waals surface area contributed by atoms with E-state index in [1.807, 2.05) is 0 Å². The molecule has 2 rings (SSSR count). The first-order chi connectivity index (χ1) is 11.6. The summed E-state index contributed by atoms with van der Waals surface area (Å²) in [6, 6.07) is 17.8. The summed E-state index contributed by atoms with van der Waals surface area (Å²) in [7, 11) is 0. The highest BCUT2D eigenvalue weighted by Gasteiger charge is 2.12. The Morgan fingerprint density at radius 3 is 1.88 bits per heavy atom. The fourth-order valence-electron chi connectivity index (χ4n) is 2.93. The van der Waals surface area contributed by atoms with Crippen LogP contribution in [0.25, 0.3) is 0 Å². The Bertz CT molecular complexity index is 654. The fourth-order valence-corrected chi connectivity index (χ4v) is 2.93. The Kier molecular flexibility index (Phi) is 6.46. The van der Waals surface area contributed by atoms with Gasteiger partial charge in [-0.2, -0.15) is 0 Å². The minimum absolute atomic E-state index is 0.220. The first-order valence-corrected chi connectivity index (χ1v) is 9.34. The second-order valence-electron chi connectivity index (χ2n) is 9.60. The molecule has 0 aliphatic heterocycles. The Morgan fingerprint density at radius 1 is 0.680 bits per heavy atom. The van der Waals surface area contributed by atoms with Gasteiger partial charge in [0.1, 0.15) is 0 Å². The van der Waals surface area contributed by atoms with Crippen molar-refractivity contribution in [3.8, 4) is 0 Å². The molecule has 0 amide bonds. The molecular weight excluding hydrogens is 304 g/mol. The van der Waals surface area contributed by atoms with Gasteiger partial charge in [0.25, 0.3) is 0 Å². The lowest BCUT2D eigenvalue weighted by atomic mass is 9.87. The topological polar surface area (TPSA) is 9.23 Å². The molecule has 0 fully saturated rings. The predicted octanol–water partition coefficient (Wildman–Crippen LogP) is 6.43. The van der Waals surface area contributed by atoms with Crippen molar-refractivity contribution in [2.45, 2.75) is 61.0 Å². The highest BCUT2D eigenvalue weighted by atomic mass is 16.5. The van der Waals surface area contributed by atoms with Crippen LogP contribution in [0.5, 0.6) is 0 Å². The normalized spacial score (nSPS) is 12.4. The fraction of sp³-hybridized carbons (Fsp3) is 0.500. The van der Waals surface area contributed by atoms with Crippen molar-refractivity contribution in [3.63, 3.8) is 0 Å². The molecule has 1 nitrogen and oxygen atoms in total. The van der Waals surface area contributed by atoms with E-state index in [9.17, 15) is 0 Å². The molecule has 0 bridgehead atoms. The Hall–Kier alpha value is -1.60. The minimum atomic E-state index is 0.220. The molecule has 0 aromatic heterocycles. The van der Waals surface area contributed by atoms with E-state index in [-0.39, 0.29) is 5.41 Å². The molecule has 0 aliphatic rings. The Labute approximate surface area is 154 Å². The zero-order valence-electron chi connectivity index (χ0n) is 16.9. The molecule has 0 N–H and O–H groups in total. The second kappa shape index (κ2) is 8.19. The first kappa shape index (κ1) is 19.7. The van der Waals surface area contributed by atoms with E-state index in [2.05, 4.69) is 90.1 Å². The van der Waals surface area contributed by atoms with Crippen molar-refractivity contribution in [2.75, 3.05) is 6.61 Å². The van der Waals surface area contributed by atoms with Crippen LogP contribution in [0.2, 0.25) is 0 Å². The zero-order chi connectivity index (χ0) is 18.5. The summed E-state index contributed by atoms with van der Waals surface area (Å²) in [6.07, 6.45) is 2.10. The third-order valence-corrected chi connectivity index (χ3v) is 3.96. The largest absolute Gasteiger partial charge is 0.376 e. The quantitative estimate of drug-likeness (QED) is 0.590. The van der Waals surface area contributed by atoms with Crippen molar-refractivity contribution in [2.24, 2.45) is 10.8 Å². The molecule has 25 heavy (non-hydrogen) atoms. The van der Waals surface area contributed by atoms with Gasteiger partial charge >= 0.3 is 0 Å². The van der Waals surface area contributed by atoms with Gasteiger partial charge in [0.2, 0.25) is 0 Å². The Morgan fingerprint density at radius 2 is 1.28 bits per heavy atom. The van der Waals surface area contributed by atoms with Crippen LogP contribution in [0.1, 0.15) is 63.8 Å². The monoisotopic (exact) mass is 338 g/mol. The number of ether oxygens (including phenoxy) is 1. The highest BCUT2D eigenvalue weighted by Crippen LogP contribution is 2.22. The summed E-state index contributed by atoms with van der Waals surface area (Å²) >= 11 is 0. The van der Waals surface area contributed by atoms with Gasteiger partial charge < -0.3 is 4.74 Å². The van der Waals surface area contributed by atoms with Crippen LogP contribution in [0.3, 0.4) is 0 Å². The van der Waals surface area contributed by atoms with E-state index in [0.29, 0.717) is 12.0 Å². The number of hydrogen-bond donors (Lipinski definition) is 0. The SMILES string of the molecule is CC(C)(C)COCc1ccc(Cc2cccc(CC(C)(C)C)c2)cc1. The van der Waals surface area contributed by atoms with Gasteiger partial charge in [0.05, 0.1) is 13.2 Å². The molecule has 0 unspecified atom stereocenters. The minimum Gasteiger partial charge on any atom is -0.376 e. The van der Waals surface area contributed by atoms with Gasteiger partial charge in [0.15, 0.2) is 0 Å². The average molecular weight is 339 g/mol. The molecule has 0 saturated heterocycles. The number of hydrogen-bond acceptors (Lipinski definition) is 1. The summed E-state index contributed by atoms with van der Waals surface area (Å²) in [6.45, 7) is 15.0. The molecule has 0 heterocycles. The maximum atomic E-state index is 5.80. The first-order valence-electron chi connectivity index (χ1n) is 9.34. The third kappa shape index (κ3) is 7.88. The third-order valence-electron chi connectivity index (χ3n) is 3.96. The van der Waals surface area contributed by atoms with Crippen LogP contribution in [0, 0.1) is 10.8 Å². The maximum Gasteiger partial charge on any atom is 0.0717 e. The lowest BCUT2D eigenvalue weighted by molar-refractivity contribution is 0.0599. The zero-order valence-corrected chi connectivity index (χ0v) is 16.9. The van der Waals surface area contributed by atoms with Crippen LogP contribution in [-0.2, 0) is 24.2 Å². The van der Waals surface area contributed by atoms with E-state index < -0.39 is 0 Å². The van der Waals surface area contributed by atoms with Crippen molar-refractivity contribution in [1.82, 2.24) is 0 Å². The summed E-state index contributed by atoms with van der Waals surface area (Å²) in [4.78, 5) is 0. The molecular formula is C24H34O. The van der Waals surface area contributed by atoms with Crippen LogP contribution >= 0.6 is 0 Å². The second-order valence-corrected chi connectivity index (χ2v) is 9.60. The lowest BCUT2D eigenvalue weighted by Crippen LogP contribution is -2.14. The maximum absolute atomic E-state index is 5.80. The van der Waals surface area contributed by atoms with Gasteiger partial charge in [-0.3, -0.25) is 0 Å². The van der Waals surface area contributed by atoms with E-state index in [0.717, 1.165) is 19.4 Å². The summed E-state index contributed by atoms with van der Waals surface area (Å²) in [5, 5.41) is 0. The molecule has 136 valence electrons. The van der Waals surface area contributed by atoms with Gasteiger partial charge in [-0.15, -0.1) is 0 Å². The van der Waals surface area contributed by atoms with E-state index in [1.54, 1.807) is 0 Å². The van der Waals surface area contributed by atoms with Crippen molar-refractivity contribution >= 4 is 0 Å². The smallest absolute Gasteiger partial charge is 0.0717 e. The number of rotatable bonds is 6. The molecule has 0 saturated carbocycles. The lowest BCUT2D eigenvalue weighted by Gasteiger charge is -2.18. The molecule has 0 radical (unpaired) electrons. The van der Waals surface area contributed by atoms with Gasteiger partial charge in [0, 0.05) is 0 Å². The summed E-state index contributed by atoms with van der Waals surface area (Å²) in [5.41, 5.74) is 5.96. The van der Waals surface area contributed by atoms with Crippen LogP contribution in [0.15, 0.2) is 48.5 Å². The van der Waals surface area contributed by atoms with Gasteiger partial charge in [-0.05, 0) is 45.9 Å². The van der Waals surface area contributed by atoms with Crippen molar-refractivity contribution in [1.29, 1.82) is 0 Å². The van der Waals surface area contributed by atoms with E-state index in [4.69, 9.17) is 4.74 Å². The average Bonchev–Trinajstić information content (AvgIpc) is 2.46. The van der Waals surface area contributed by atoms with Gasteiger partial charge in [-0.25, -0.2) is 0 Å². The van der Waals surface area contributed by atoms with Gasteiger partial charge in [-0.1, -0.05) is 90.1 Å². The van der Waals surface area contributed by atoms with Crippen LogP contribution in [0.4, 0.5) is 0 Å². The molecule has 0 spiro atoms. The standard InChI is InChI=1S/C24H34O/c1-23(2,3)16-22-9-7-8-21(15-22)14-19-10-12-20(13-11-19)17-25-18-24(4,5)6/h7-13,15H,14,16-18H2,1-6H3. The van der Waals surface area contributed by atoms with Crippen molar-refractivity contribution in [3.05, 3.63) is 70.8 Å². The molecule has 1 heteroatoms. The predicted molar refractivity (Wildman–Crippen MR) is 108 cm³/mol.